The Morgan fingerprint density at radius 2 is 1.90 bits per heavy atom. The molecule has 0 fully saturated rings. The summed E-state index contributed by atoms with van der Waals surface area (Å²) >= 11 is 0. The van der Waals surface area contributed by atoms with Crippen molar-refractivity contribution in [3.8, 4) is 0 Å². The maximum atomic E-state index is 12.7. The fourth-order valence-corrected chi connectivity index (χ4v) is 2.26. The summed E-state index contributed by atoms with van der Waals surface area (Å²) in [6, 6.07) is 4.46. The average Bonchev–Trinajstić information content (AvgIpc) is 2.34. The third kappa shape index (κ3) is 3.94. The predicted molar refractivity (Wildman–Crippen MR) is 64.3 cm³/mol. The second-order valence-electron chi connectivity index (χ2n) is 4.00. The van der Waals surface area contributed by atoms with Crippen LogP contribution in [0, 0.1) is 0 Å². The van der Waals surface area contributed by atoms with Gasteiger partial charge in [0, 0.05) is 6.54 Å². The number of carboxylic acid groups (broad SMARTS) is 1. The number of carboxylic acids is 1. The van der Waals surface area contributed by atoms with Crippen LogP contribution in [0.25, 0.3) is 0 Å². The molecule has 1 aromatic rings. The first-order valence-electron chi connectivity index (χ1n) is 5.42. The number of rotatable bonds is 5. The molecule has 0 bridgehead atoms. The molecule has 1 aromatic carbocycles. The van der Waals surface area contributed by atoms with Gasteiger partial charge in [-0.1, -0.05) is 18.2 Å². The van der Waals surface area contributed by atoms with Crippen LogP contribution in [0.1, 0.15) is 18.1 Å². The third-order valence-corrected chi connectivity index (χ3v) is 4.28. The first kappa shape index (κ1) is 16.4. The van der Waals surface area contributed by atoms with Crippen LogP contribution in [0.5, 0.6) is 0 Å². The second-order valence-corrected chi connectivity index (χ2v) is 6.09. The lowest BCUT2D eigenvalue weighted by molar-refractivity contribution is -0.138. The van der Waals surface area contributed by atoms with Crippen LogP contribution in [0.3, 0.4) is 0 Å². The Morgan fingerprint density at radius 1 is 1.35 bits per heavy atom. The van der Waals surface area contributed by atoms with E-state index in [0.717, 1.165) is 19.1 Å². The average molecular weight is 311 g/mol. The highest BCUT2D eigenvalue weighted by atomic mass is 32.2. The molecular formula is C11H12F3NO4S. The molecule has 0 aliphatic carbocycles. The molecule has 112 valence electrons. The maximum Gasteiger partial charge on any atom is 0.416 e. The molecule has 0 amide bonds. The standard InChI is InChI=1S/C11H12F3NO4S/c1-7(10(16)17)20(18,19)15-6-8-4-2-3-5-9(8)11(12,13)14/h2-5,7,15H,6H2,1H3,(H,16,17). The van der Waals surface area contributed by atoms with Gasteiger partial charge < -0.3 is 5.11 Å². The first-order valence-corrected chi connectivity index (χ1v) is 6.96. The highest BCUT2D eigenvalue weighted by Gasteiger charge is 2.33. The van der Waals surface area contributed by atoms with Gasteiger partial charge in [-0.05, 0) is 18.6 Å². The summed E-state index contributed by atoms with van der Waals surface area (Å²) in [5.74, 6) is -1.58. The van der Waals surface area contributed by atoms with E-state index in [4.69, 9.17) is 5.11 Å². The van der Waals surface area contributed by atoms with Crippen LogP contribution in [-0.2, 0) is 27.5 Å². The van der Waals surface area contributed by atoms with Crippen LogP contribution in [0.15, 0.2) is 24.3 Å². The number of alkyl halides is 3. The molecule has 0 aliphatic rings. The molecule has 0 spiro atoms. The molecule has 0 saturated heterocycles. The minimum Gasteiger partial charge on any atom is -0.480 e. The molecule has 9 heteroatoms. The van der Waals surface area contributed by atoms with Gasteiger partial charge in [-0.25, -0.2) is 13.1 Å². The Balaban J connectivity index is 2.95. The number of nitrogens with one attached hydrogen (secondary N) is 1. The molecule has 1 rings (SSSR count). The normalized spacial score (nSPS) is 14.0. The van der Waals surface area contributed by atoms with Crippen molar-refractivity contribution >= 4 is 16.0 Å². The zero-order valence-electron chi connectivity index (χ0n) is 10.3. The number of aliphatic carboxylic acids is 1. The Kier molecular flexibility index (Phi) is 4.77. The van der Waals surface area contributed by atoms with Crippen molar-refractivity contribution in [2.24, 2.45) is 0 Å². The fraction of sp³-hybridized carbons (Fsp3) is 0.364. The Bertz CT molecular complexity index is 598. The lowest BCUT2D eigenvalue weighted by Gasteiger charge is -2.14. The zero-order chi connectivity index (χ0) is 15.6. The monoisotopic (exact) mass is 311 g/mol. The minimum atomic E-state index is -4.61. The fourth-order valence-electron chi connectivity index (χ4n) is 1.39. The van der Waals surface area contributed by atoms with E-state index in [1.54, 1.807) is 0 Å². The van der Waals surface area contributed by atoms with E-state index in [0.29, 0.717) is 0 Å². The number of halogens is 3. The number of benzene rings is 1. The van der Waals surface area contributed by atoms with E-state index in [9.17, 15) is 26.4 Å². The van der Waals surface area contributed by atoms with Crippen LogP contribution >= 0.6 is 0 Å². The van der Waals surface area contributed by atoms with Gasteiger partial charge in [0.15, 0.2) is 5.25 Å². The minimum absolute atomic E-state index is 0.277. The molecule has 5 nitrogen and oxygen atoms in total. The third-order valence-electron chi connectivity index (χ3n) is 2.60. The van der Waals surface area contributed by atoms with Crippen molar-refractivity contribution in [3.63, 3.8) is 0 Å². The van der Waals surface area contributed by atoms with Crippen LogP contribution < -0.4 is 4.72 Å². The summed E-state index contributed by atoms with van der Waals surface area (Å²) < 4.78 is 63.0. The highest BCUT2D eigenvalue weighted by molar-refractivity contribution is 7.90. The molecule has 0 radical (unpaired) electrons. The smallest absolute Gasteiger partial charge is 0.416 e. The molecule has 1 atom stereocenters. The lowest BCUT2D eigenvalue weighted by atomic mass is 10.1. The summed E-state index contributed by atoms with van der Waals surface area (Å²) in [6.07, 6.45) is -4.61. The van der Waals surface area contributed by atoms with Gasteiger partial charge in [-0.2, -0.15) is 13.2 Å². The summed E-state index contributed by atoms with van der Waals surface area (Å²) in [6.45, 7) is 0.302. The second kappa shape index (κ2) is 5.80. The van der Waals surface area contributed by atoms with E-state index in [-0.39, 0.29) is 5.56 Å². The summed E-state index contributed by atoms with van der Waals surface area (Å²) in [5.41, 5.74) is -1.24. The van der Waals surface area contributed by atoms with Gasteiger partial charge in [0.05, 0.1) is 5.56 Å². The molecule has 0 aliphatic heterocycles. The van der Waals surface area contributed by atoms with Gasteiger partial charge in [0.25, 0.3) is 0 Å². The quantitative estimate of drug-likeness (QED) is 0.865. The Hall–Kier alpha value is -1.61. The van der Waals surface area contributed by atoms with Crippen molar-refractivity contribution in [3.05, 3.63) is 35.4 Å². The van der Waals surface area contributed by atoms with Crippen molar-refractivity contribution in [1.29, 1.82) is 0 Å². The van der Waals surface area contributed by atoms with Crippen molar-refractivity contribution in [1.82, 2.24) is 4.72 Å². The highest BCUT2D eigenvalue weighted by Crippen LogP contribution is 2.31. The molecule has 1 unspecified atom stereocenters. The van der Waals surface area contributed by atoms with E-state index in [2.05, 4.69) is 0 Å². The molecule has 2 N–H and O–H groups in total. The maximum absolute atomic E-state index is 12.7. The predicted octanol–water partition coefficient (Wildman–Crippen LogP) is 1.60. The Labute approximate surface area is 113 Å². The van der Waals surface area contributed by atoms with Crippen LogP contribution in [-0.4, -0.2) is 24.7 Å². The number of hydrogen-bond donors (Lipinski definition) is 2. The molecule has 0 heterocycles. The topological polar surface area (TPSA) is 83.5 Å². The van der Waals surface area contributed by atoms with E-state index < -0.39 is 39.5 Å². The van der Waals surface area contributed by atoms with Gasteiger partial charge in [-0.3, -0.25) is 4.79 Å². The molecular weight excluding hydrogens is 299 g/mol. The summed E-state index contributed by atoms with van der Waals surface area (Å²) in [7, 11) is -4.24. The Morgan fingerprint density at radius 3 is 2.40 bits per heavy atom. The SMILES string of the molecule is CC(C(=O)O)S(=O)(=O)NCc1ccccc1C(F)(F)F. The van der Waals surface area contributed by atoms with E-state index >= 15 is 0 Å². The van der Waals surface area contributed by atoms with E-state index in [1.807, 2.05) is 4.72 Å². The van der Waals surface area contributed by atoms with Crippen molar-refractivity contribution < 1.29 is 31.5 Å². The largest absolute Gasteiger partial charge is 0.480 e. The van der Waals surface area contributed by atoms with Crippen molar-refractivity contribution in [2.75, 3.05) is 0 Å². The van der Waals surface area contributed by atoms with Gasteiger partial charge >= 0.3 is 12.1 Å². The van der Waals surface area contributed by atoms with Gasteiger partial charge in [0.1, 0.15) is 0 Å². The van der Waals surface area contributed by atoms with Crippen molar-refractivity contribution in [2.45, 2.75) is 24.9 Å². The number of hydrogen-bond acceptors (Lipinski definition) is 3. The first-order chi connectivity index (χ1) is 9.05. The number of carbonyl (C=O) groups is 1. The molecule has 0 saturated carbocycles. The summed E-state index contributed by atoms with van der Waals surface area (Å²) in [5, 5.41) is 6.85. The van der Waals surface area contributed by atoms with Gasteiger partial charge in [-0.15, -0.1) is 0 Å². The van der Waals surface area contributed by atoms with E-state index in [1.165, 1.54) is 12.1 Å². The van der Waals surface area contributed by atoms with Crippen LogP contribution in [0.2, 0.25) is 0 Å². The molecule has 20 heavy (non-hydrogen) atoms. The summed E-state index contributed by atoms with van der Waals surface area (Å²) in [4.78, 5) is 10.6. The van der Waals surface area contributed by atoms with Crippen LogP contribution in [0.4, 0.5) is 13.2 Å². The number of sulfonamides is 1. The molecule has 0 aromatic heterocycles. The zero-order valence-corrected chi connectivity index (χ0v) is 11.1. The van der Waals surface area contributed by atoms with Gasteiger partial charge in [0.2, 0.25) is 10.0 Å². The lowest BCUT2D eigenvalue weighted by Crippen LogP contribution is -2.37.